The molecule has 84 valence electrons. The van der Waals surface area contributed by atoms with Crippen LogP contribution in [0.4, 0.5) is 4.39 Å². The molecule has 1 unspecified atom stereocenters. The largest absolute Gasteiger partial charge is 0.346 e. The normalized spacial score (nSPS) is 20.1. The molecule has 0 amide bonds. The number of halogens is 1. The summed E-state index contributed by atoms with van der Waals surface area (Å²) in [5.74, 6) is -0.181. The standard InChI is InChI=1S/C13H15FN2/c1-16-12-7-8(14)5-6-9(12)10-3-2-4-11(15)13(10)16/h5-7,11H,2-4,15H2,1H3. The van der Waals surface area contributed by atoms with Crippen molar-refractivity contribution in [2.24, 2.45) is 12.8 Å². The van der Waals surface area contributed by atoms with Gasteiger partial charge in [-0.05, 0) is 43.0 Å². The van der Waals surface area contributed by atoms with Crippen LogP contribution in [-0.4, -0.2) is 4.57 Å². The molecule has 2 N–H and O–H groups in total. The lowest BCUT2D eigenvalue weighted by atomic mass is 9.92. The highest BCUT2D eigenvalue weighted by Crippen LogP contribution is 2.35. The van der Waals surface area contributed by atoms with Crippen molar-refractivity contribution >= 4 is 10.9 Å². The smallest absolute Gasteiger partial charge is 0.125 e. The van der Waals surface area contributed by atoms with Crippen LogP contribution in [-0.2, 0) is 13.5 Å². The first-order chi connectivity index (χ1) is 7.68. The average Bonchev–Trinajstić information content (AvgIpc) is 2.54. The van der Waals surface area contributed by atoms with Crippen molar-refractivity contribution < 1.29 is 4.39 Å². The van der Waals surface area contributed by atoms with E-state index < -0.39 is 0 Å². The summed E-state index contributed by atoms with van der Waals surface area (Å²) >= 11 is 0. The Morgan fingerprint density at radius 1 is 1.44 bits per heavy atom. The minimum absolute atomic E-state index is 0.101. The number of aromatic nitrogens is 1. The Balaban J connectivity index is 2.38. The molecule has 16 heavy (non-hydrogen) atoms. The SMILES string of the molecule is Cn1c2c(c3ccc(F)cc31)CCCC2N. The number of hydrogen-bond acceptors (Lipinski definition) is 1. The maximum atomic E-state index is 13.2. The van der Waals surface area contributed by atoms with Crippen molar-refractivity contribution in [1.82, 2.24) is 4.57 Å². The molecule has 0 aliphatic heterocycles. The fraction of sp³-hybridized carbons (Fsp3) is 0.385. The Labute approximate surface area is 93.9 Å². The molecule has 1 atom stereocenters. The van der Waals surface area contributed by atoms with Gasteiger partial charge in [0.2, 0.25) is 0 Å². The topological polar surface area (TPSA) is 30.9 Å². The zero-order valence-electron chi connectivity index (χ0n) is 9.33. The van der Waals surface area contributed by atoms with Crippen LogP contribution in [0.2, 0.25) is 0 Å². The molecule has 0 saturated heterocycles. The first-order valence-corrected chi connectivity index (χ1v) is 5.71. The third-order valence-corrected chi connectivity index (χ3v) is 3.61. The summed E-state index contributed by atoms with van der Waals surface area (Å²) in [6.45, 7) is 0. The van der Waals surface area contributed by atoms with Gasteiger partial charge in [-0.1, -0.05) is 0 Å². The number of benzene rings is 1. The van der Waals surface area contributed by atoms with Gasteiger partial charge >= 0.3 is 0 Å². The first-order valence-electron chi connectivity index (χ1n) is 5.71. The van der Waals surface area contributed by atoms with Gasteiger partial charge in [0.25, 0.3) is 0 Å². The van der Waals surface area contributed by atoms with Crippen molar-refractivity contribution in [2.45, 2.75) is 25.3 Å². The van der Waals surface area contributed by atoms with E-state index in [0.717, 1.165) is 30.2 Å². The fourth-order valence-corrected chi connectivity index (χ4v) is 2.88. The van der Waals surface area contributed by atoms with Crippen LogP contribution >= 0.6 is 0 Å². The number of nitrogens with two attached hydrogens (primary N) is 1. The van der Waals surface area contributed by atoms with Crippen LogP contribution in [0.15, 0.2) is 18.2 Å². The van der Waals surface area contributed by atoms with Gasteiger partial charge in [-0.2, -0.15) is 0 Å². The predicted octanol–water partition coefficient (Wildman–Crippen LogP) is 2.65. The van der Waals surface area contributed by atoms with Gasteiger partial charge < -0.3 is 10.3 Å². The van der Waals surface area contributed by atoms with Gasteiger partial charge in [0.05, 0.1) is 5.52 Å². The minimum Gasteiger partial charge on any atom is -0.346 e. The van der Waals surface area contributed by atoms with Gasteiger partial charge in [-0.3, -0.25) is 0 Å². The first kappa shape index (κ1) is 9.85. The molecule has 0 fully saturated rings. The van der Waals surface area contributed by atoms with Crippen LogP contribution in [0.3, 0.4) is 0 Å². The third-order valence-electron chi connectivity index (χ3n) is 3.61. The maximum Gasteiger partial charge on any atom is 0.125 e. The highest BCUT2D eigenvalue weighted by atomic mass is 19.1. The quantitative estimate of drug-likeness (QED) is 0.724. The molecule has 0 radical (unpaired) electrons. The molecule has 0 saturated carbocycles. The molecule has 1 heterocycles. The molecule has 0 spiro atoms. The van der Waals surface area contributed by atoms with E-state index in [1.54, 1.807) is 6.07 Å². The van der Waals surface area contributed by atoms with Gasteiger partial charge in [0.1, 0.15) is 5.82 Å². The number of nitrogens with zero attached hydrogens (tertiary/aromatic N) is 1. The zero-order valence-corrected chi connectivity index (χ0v) is 9.33. The van der Waals surface area contributed by atoms with E-state index in [-0.39, 0.29) is 11.9 Å². The van der Waals surface area contributed by atoms with E-state index >= 15 is 0 Å². The molecule has 3 heteroatoms. The number of fused-ring (bicyclic) bond motifs is 3. The Morgan fingerprint density at radius 3 is 3.06 bits per heavy atom. The summed E-state index contributed by atoms with van der Waals surface area (Å²) in [4.78, 5) is 0. The maximum absolute atomic E-state index is 13.2. The lowest BCUT2D eigenvalue weighted by molar-refractivity contribution is 0.542. The van der Waals surface area contributed by atoms with E-state index in [1.165, 1.54) is 17.3 Å². The Kier molecular flexibility index (Phi) is 2.04. The number of rotatable bonds is 0. The third kappa shape index (κ3) is 1.21. The van der Waals surface area contributed by atoms with E-state index in [1.807, 2.05) is 13.1 Å². The predicted molar refractivity (Wildman–Crippen MR) is 62.7 cm³/mol. The Bertz CT molecular complexity index is 557. The van der Waals surface area contributed by atoms with Crippen molar-refractivity contribution in [2.75, 3.05) is 0 Å². The lowest BCUT2D eigenvalue weighted by Crippen LogP contribution is -2.19. The number of aryl methyl sites for hydroxylation is 2. The Morgan fingerprint density at radius 2 is 2.25 bits per heavy atom. The average molecular weight is 218 g/mol. The van der Waals surface area contributed by atoms with Crippen LogP contribution < -0.4 is 5.73 Å². The lowest BCUT2D eigenvalue weighted by Gasteiger charge is -2.20. The molecule has 0 bridgehead atoms. The van der Waals surface area contributed by atoms with E-state index in [9.17, 15) is 4.39 Å². The molecule has 1 aliphatic carbocycles. The Hall–Kier alpha value is -1.35. The van der Waals surface area contributed by atoms with Gasteiger partial charge in [0, 0.05) is 24.2 Å². The summed E-state index contributed by atoms with van der Waals surface area (Å²) in [7, 11) is 1.98. The van der Waals surface area contributed by atoms with Crippen molar-refractivity contribution in [1.29, 1.82) is 0 Å². The summed E-state index contributed by atoms with van der Waals surface area (Å²) in [5, 5.41) is 1.16. The van der Waals surface area contributed by atoms with Gasteiger partial charge in [-0.25, -0.2) is 4.39 Å². The molecule has 3 rings (SSSR count). The summed E-state index contributed by atoms with van der Waals surface area (Å²) in [6.07, 6.45) is 3.22. The van der Waals surface area contributed by atoms with Crippen LogP contribution in [0.25, 0.3) is 10.9 Å². The van der Waals surface area contributed by atoms with Crippen LogP contribution in [0.5, 0.6) is 0 Å². The summed E-state index contributed by atoms with van der Waals surface area (Å²) in [6, 6.07) is 5.11. The highest BCUT2D eigenvalue weighted by molar-refractivity contribution is 5.86. The van der Waals surface area contributed by atoms with Gasteiger partial charge in [0.15, 0.2) is 0 Å². The monoisotopic (exact) mass is 218 g/mol. The van der Waals surface area contributed by atoms with E-state index in [0.29, 0.717) is 0 Å². The second kappa shape index (κ2) is 3.32. The molecule has 1 aromatic carbocycles. The molecular formula is C13H15FN2. The number of hydrogen-bond donors (Lipinski definition) is 1. The summed E-state index contributed by atoms with van der Waals surface area (Å²) in [5.41, 5.74) is 9.60. The van der Waals surface area contributed by atoms with E-state index in [4.69, 9.17) is 5.73 Å². The minimum atomic E-state index is -0.181. The molecule has 2 aromatic rings. The molecular weight excluding hydrogens is 203 g/mol. The summed E-state index contributed by atoms with van der Waals surface area (Å²) < 4.78 is 15.3. The van der Waals surface area contributed by atoms with Gasteiger partial charge in [-0.15, -0.1) is 0 Å². The molecule has 1 aliphatic rings. The second-order valence-electron chi connectivity index (χ2n) is 4.58. The van der Waals surface area contributed by atoms with Crippen molar-refractivity contribution in [3.05, 3.63) is 35.3 Å². The fourth-order valence-electron chi connectivity index (χ4n) is 2.88. The van der Waals surface area contributed by atoms with Crippen LogP contribution in [0, 0.1) is 5.82 Å². The zero-order chi connectivity index (χ0) is 11.3. The molecule has 1 aromatic heterocycles. The molecule has 2 nitrogen and oxygen atoms in total. The highest BCUT2D eigenvalue weighted by Gasteiger charge is 2.23. The van der Waals surface area contributed by atoms with Crippen molar-refractivity contribution in [3.8, 4) is 0 Å². The van der Waals surface area contributed by atoms with E-state index in [2.05, 4.69) is 4.57 Å². The van der Waals surface area contributed by atoms with Crippen molar-refractivity contribution in [3.63, 3.8) is 0 Å². The second-order valence-corrected chi connectivity index (χ2v) is 4.58. The van der Waals surface area contributed by atoms with Crippen LogP contribution in [0.1, 0.15) is 30.1 Å².